The van der Waals surface area contributed by atoms with E-state index < -0.39 is 0 Å². The van der Waals surface area contributed by atoms with Crippen molar-refractivity contribution < 1.29 is 4.42 Å². The van der Waals surface area contributed by atoms with Crippen molar-refractivity contribution in [3.63, 3.8) is 0 Å². The predicted molar refractivity (Wildman–Crippen MR) is 78.7 cm³/mol. The van der Waals surface area contributed by atoms with Gasteiger partial charge in [-0.25, -0.2) is 4.98 Å². The van der Waals surface area contributed by atoms with Gasteiger partial charge in [-0.3, -0.25) is 4.90 Å². The number of rotatable bonds is 3. The molecule has 0 spiro atoms. The van der Waals surface area contributed by atoms with E-state index in [9.17, 15) is 0 Å². The van der Waals surface area contributed by atoms with Crippen molar-refractivity contribution in [3.05, 3.63) is 29.5 Å². The standard InChI is InChI=1S/C15H23N5O/c1-5-12-17-18-13-9-19(6-7-20(12)13)10-14-16-8-11(21-14)15(2,3)4/h8H,5-7,9-10H2,1-4H3. The summed E-state index contributed by atoms with van der Waals surface area (Å²) >= 11 is 0. The fourth-order valence-electron chi connectivity index (χ4n) is 2.59. The molecule has 0 saturated heterocycles. The van der Waals surface area contributed by atoms with Crippen LogP contribution in [-0.4, -0.2) is 31.2 Å². The third kappa shape index (κ3) is 2.85. The topological polar surface area (TPSA) is 60.0 Å². The lowest BCUT2D eigenvalue weighted by Crippen LogP contribution is -2.34. The molecule has 1 aliphatic heterocycles. The maximum Gasteiger partial charge on any atom is 0.208 e. The van der Waals surface area contributed by atoms with E-state index in [-0.39, 0.29) is 5.41 Å². The summed E-state index contributed by atoms with van der Waals surface area (Å²) in [6.45, 7) is 12.0. The Kier molecular flexibility index (Phi) is 3.57. The zero-order valence-electron chi connectivity index (χ0n) is 13.3. The quantitative estimate of drug-likeness (QED) is 0.866. The maximum atomic E-state index is 5.87. The van der Waals surface area contributed by atoms with E-state index in [1.54, 1.807) is 0 Å². The molecule has 0 amide bonds. The van der Waals surface area contributed by atoms with Gasteiger partial charge in [0.25, 0.3) is 0 Å². The minimum Gasteiger partial charge on any atom is -0.444 e. The second-order valence-electron chi connectivity index (χ2n) is 6.62. The van der Waals surface area contributed by atoms with Crippen LogP contribution in [0.1, 0.15) is 51.0 Å². The van der Waals surface area contributed by atoms with E-state index in [4.69, 9.17) is 4.42 Å². The predicted octanol–water partition coefficient (Wildman–Crippen LogP) is 2.14. The van der Waals surface area contributed by atoms with Crippen LogP contribution in [-0.2, 0) is 31.5 Å². The molecule has 0 N–H and O–H groups in total. The summed E-state index contributed by atoms with van der Waals surface area (Å²) in [5.74, 6) is 3.84. The van der Waals surface area contributed by atoms with Crippen LogP contribution in [0.5, 0.6) is 0 Å². The van der Waals surface area contributed by atoms with Crippen molar-refractivity contribution in [2.45, 2.75) is 59.2 Å². The second kappa shape index (κ2) is 5.26. The highest BCUT2D eigenvalue weighted by molar-refractivity contribution is 5.06. The van der Waals surface area contributed by atoms with Gasteiger partial charge in [-0.2, -0.15) is 0 Å². The summed E-state index contributed by atoms with van der Waals surface area (Å²) in [5, 5.41) is 8.53. The first kappa shape index (κ1) is 14.3. The largest absolute Gasteiger partial charge is 0.444 e. The van der Waals surface area contributed by atoms with Crippen molar-refractivity contribution in [2.75, 3.05) is 6.54 Å². The van der Waals surface area contributed by atoms with E-state index in [1.165, 1.54) is 0 Å². The Morgan fingerprint density at radius 2 is 2.05 bits per heavy atom. The summed E-state index contributed by atoms with van der Waals surface area (Å²) in [6.07, 6.45) is 2.78. The summed E-state index contributed by atoms with van der Waals surface area (Å²) in [7, 11) is 0. The lowest BCUT2D eigenvalue weighted by molar-refractivity contribution is 0.186. The minimum atomic E-state index is 0.00332. The molecule has 3 rings (SSSR count). The monoisotopic (exact) mass is 289 g/mol. The Labute approximate surface area is 125 Å². The molecule has 0 atom stereocenters. The molecule has 21 heavy (non-hydrogen) atoms. The molecule has 0 saturated carbocycles. The van der Waals surface area contributed by atoms with Crippen LogP contribution in [0, 0.1) is 0 Å². The van der Waals surface area contributed by atoms with Crippen molar-refractivity contribution in [2.24, 2.45) is 0 Å². The van der Waals surface area contributed by atoms with E-state index in [1.807, 2.05) is 6.20 Å². The summed E-state index contributed by atoms with van der Waals surface area (Å²) in [6, 6.07) is 0. The highest BCUT2D eigenvalue weighted by atomic mass is 16.4. The smallest absolute Gasteiger partial charge is 0.208 e. The van der Waals surface area contributed by atoms with Crippen LogP contribution in [0.3, 0.4) is 0 Å². The number of aromatic nitrogens is 4. The van der Waals surface area contributed by atoms with Gasteiger partial charge in [0.1, 0.15) is 17.4 Å². The number of oxazole rings is 1. The molecule has 0 aromatic carbocycles. The van der Waals surface area contributed by atoms with Crippen LogP contribution in [0.2, 0.25) is 0 Å². The molecule has 6 heteroatoms. The van der Waals surface area contributed by atoms with Gasteiger partial charge in [-0.15, -0.1) is 10.2 Å². The van der Waals surface area contributed by atoms with Gasteiger partial charge in [0.15, 0.2) is 0 Å². The molecular weight excluding hydrogens is 266 g/mol. The van der Waals surface area contributed by atoms with Gasteiger partial charge in [0, 0.05) is 24.9 Å². The van der Waals surface area contributed by atoms with Crippen molar-refractivity contribution >= 4 is 0 Å². The van der Waals surface area contributed by atoms with Gasteiger partial charge >= 0.3 is 0 Å². The molecule has 0 aliphatic carbocycles. The van der Waals surface area contributed by atoms with Crippen LogP contribution in [0.25, 0.3) is 0 Å². The minimum absolute atomic E-state index is 0.00332. The molecule has 2 aromatic rings. The Hall–Kier alpha value is -1.69. The van der Waals surface area contributed by atoms with Crippen LogP contribution >= 0.6 is 0 Å². The van der Waals surface area contributed by atoms with Crippen LogP contribution in [0.4, 0.5) is 0 Å². The van der Waals surface area contributed by atoms with Crippen molar-refractivity contribution in [1.82, 2.24) is 24.6 Å². The highest BCUT2D eigenvalue weighted by Crippen LogP contribution is 2.23. The second-order valence-corrected chi connectivity index (χ2v) is 6.62. The van der Waals surface area contributed by atoms with Gasteiger partial charge in [0.05, 0.1) is 19.3 Å². The number of hydrogen-bond acceptors (Lipinski definition) is 5. The molecule has 0 unspecified atom stereocenters. The molecule has 0 radical (unpaired) electrons. The van der Waals surface area contributed by atoms with Crippen LogP contribution < -0.4 is 0 Å². The SMILES string of the molecule is CCc1nnc2n1CCN(Cc1ncc(C(C)(C)C)o1)C2. The molecule has 0 fully saturated rings. The van der Waals surface area contributed by atoms with Gasteiger partial charge < -0.3 is 8.98 Å². The lowest BCUT2D eigenvalue weighted by Gasteiger charge is -2.26. The lowest BCUT2D eigenvalue weighted by atomic mass is 9.94. The zero-order valence-corrected chi connectivity index (χ0v) is 13.3. The van der Waals surface area contributed by atoms with Crippen LogP contribution in [0.15, 0.2) is 10.6 Å². The molecule has 2 aromatic heterocycles. The molecule has 0 bridgehead atoms. The maximum absolute atomic E-state index is 5.87. The molecule has 1 aliphatic rings. The third-order valence-electron chi connectivity index (χ3n) is 3.88. The first-order chi connectivity index (χ1) is 9.97. The molecule has 114 valence electrons. The first-order valence-corrected chi connectivity index (χ1v) is 7.56. The molecular formula is C15H23N5O. The Morgan fingerprint density at radius 1 is 1.24 bits per heavy atom. The number of aryl methyl sites for hydroxylation is 1. The first-order valence-electron chi connectivity index (χ1n) is 7.56. The Morgan fingerprint density at radius 3 is 2.71 bits per heavy atom. The Bertz CT molecular complexity index is 622. The fourth-order valence-corrected chi connectivity index (χ4v) is 2.59. The number of hydrogen-bond donors (Lipinski definition) is 0. The number of nitrogens with zero attached hydrogens (tertiary/aromatic N) is 5. The van der Waals surface area contributed by atoms with Crippen molar-refractivity contribution in [1.29, 1.82) is 0 Å². The molecule has 6 nitrogen and oxygen atoms in total. The number of fused-ring (bicyclic) bond motifs is 1. The summed E-state index contributed by atoms with van der Waals surface area (Å²) in [5.41, 5.74) is 0.00332. The highest BCUT2D eigenvalue weighted by Gasteiger charge is 2.23. The van der Waals surface area contributed by atoms with E-state index in [0.717, 1.165) is 55.9 Å². The van der Waals surface area contributed by atoms with Gasteiger partial charge in [-0.1, -0.05) is 27.7 Å². The fraction of sp³-hybridized carbons (Fsp3) is 0.667. The van der Waals surface area contributed by atoms with Gasteiger partial charge in [-0.05, 0) is 0 Å². The zero-order chi connectivity index (χ0) is 15.0. The van der Waals surface area contributed by atoms with E-state index in [2.05, 4.69) is 52.3 Å². The average molecular weight is 289 g/mol. The van der Waals surface area contributed by atoms with E-state index in [0.29, 0.717) is 0 Å². The van der Waals surface area contributed by atoms with Gasteiger partial charge in [0.2, 0.25) is 5.89 Å². The third-order valence-corrected chi connectivity index (χ3v) is 3.88. The molecule has 3 heterocycles. The average Bonchev–Trinajstić information content (AvgIpc) is 3.04. The van der Waals surface area contributed by atoms with Crippen molar-refractivity contribution in [3.8, 4) is 0 Å². The summed E-state index contributed by atoms with van der Waals surface area (Å²) < 4.78 is 8.10. The Balaban J connectivity index is 1.68. The van der Waals surface area contributed by atoms with E-state index >= 15 is 0 Å². The summed E-state index contributed by atoms with van der Waals surface area (Å²) in [4.78, 5) is 6.71. The normalized spacial score (nSPS) is 16.2.